The predicted octanol–water partition coefficient (Wildman–Crippen LogP) is 2.45. The van der Waals surface area contributed by atoms with Crippen LogP contribution in [0.5, 0.6) is 5.75 Å². The molecule has 0 bridgehead atoms. The highest BCUT2D eigenvalue weighted by Gasteiger charge is 2.23. The topological polar surface area (TPSA) is 87.7 Å². The molecular weight excluding hydrogens is 356 g/mol. The van der Waals surface area contributed by atoms with E-state index in [-0.39, 0.29) is 11.3 Å². The average molecular weight is 384 g/mol. The van der Waals surface area contributed by atoms with Crippen molar-refractivity contribution in [3.8, 4) is 5.75 Å². The summed E-state index contributed by atoms with van der Waals surface area (Å²) in [4.78, 5) is 24.7. The van der Waals surface area contributed by atoms with Gasteiger partial charge >= 0.3 is 5.97 Å². The van der Waals surface area contributed by atoms with Gasteiger partial charge in [-0.25, -0.2) is 4.79 Å². The fourth-order valence-electron chi connectivity index (χ4n) is 2.98. The monoisotopic (exact) mass is 384 g/mol. The van der Waals surface area contributed by atoms with Gasteiger partial charge in [0.05, 0.1) is 12.7 Å². The van der Waals surface area contributed by atoms with Gasteiger partial charge in [0.25, 0.3) is 5.91 Å². The summed E-state index contributed by atoms with van der Waals surface area (Å²) in [6.07, 6.45) is 3.17. The van der Waals surface area contributed by atoms with E-state index in [0.29, 0.717) is 6.42 Å². The fraction of sp³-hybridized carbons (Fsp3) is 0.364. The van der Waals surface area contributed by atoms with Gasteiger partial charge in [0.1, 0.15) is 11.8 Å². The van der Waals surface area contributed by atoms with Crippen molar-refractivity contribution in [3.63, 3.8) is 0 Å². The summed E-state index contributed by atoms with van der Waals surface area (Å²) >= 11 is 0. The van der Waals surface area contributed by atoms with Crippen LogP contribution in [0.25, 0.3) is 0 Å². The van der Waals surface area contributed by atoms with Crippen molar-refractivity contribution in [2.24, 2.45) is 0 Å². The Labute approximate surface area is 165 Å². The lowest BCUT2D eigenvalue weighted by Gasteiger charge is -2.17. The van der Waals surface area contributed by atoms with E-state index in [9.17, 15) is 14.7 Å². The van der Waals surface area contributed by atoms with Crippen LogP contribution < -0.4 is 10.6 Å². The zero-order valence-corrected chi connectivity index (χ0v) is 16.4. The van der Waals surface area contributed by atoms with E-state index in [1.54, 1.807) is 12.1 Å². The molecule has 3 N–H and O–H groups in total. The summed E-state index contributed by atoms with van der Waals surface area (Å²) in [5, 5.41) is 16.0. The van der Waals surface area contributed by atoms with Crippen molar-refractivity contribution in [1.82, 2.24) is 10.6 Å². The number of phenols is 1. The predicted molar refractivity (Wildman–Crippen MR) is 108 cm³/mol. The Bertz CT molecular complexity index is 777. The summed E-state index contributed by atoms with van der Waals surface area (Å²) in [6.45, 7) is 0.947. The second kappa shape index (κ2) is 11.1. The van der Waals surface area contributed by atoms with Crippen molar-refractivity contribution in [1.29, 1.82) is 0 Å². The Kier molecular flexibility index (Phi) is 8.49. The van der Waals surface area contributed by atoms with Crippen molar-refractivity contribution in [3.05, 3.63) is 65.2 Å². The van der Waals surface area contributed by atoms with E-state index in [4.69, 9.17) is 4.74 Å². The fourth-order valence-corrected chi connectivity index (χ4v) is 2.98. The third kappa shape index (κ3) is 6.39. The first-order valence-electron chi connectivity index (χ1n) is 9.44. The maximum Gasteiger partial charge on any atom is 0.328 e. The Hall–Kier alpha value is -2.86. The van der Waals surface area contributed by atoms with Crippen molar-refractivity contribution in [2.75, 3.05) is 20.7 Å². The van der Waals surface area contributed by atoms with Gasteiger partial charge in [-0.15, -0.1) is 0 Å². The van der Waals surface area contributed by atoms with Crippen LogP contribution in [0.15, 0.2) is 48.5 Å². The molecule has 0 spiro atoms. The number of ether oxygens (including phenoxy) is 1. The van der Waals surface area contributed by atoms with Crippen LogP contribution >= 0.6 is 0 Å². The lowest BCUT2D eigenvalue weighted by molar-refractivity contribution is -0.142. The summed E-state index contributed by atoms with van der Waals surface area (Å²) in [5.74, 6) is -1.13. The van der Waals surface area contributed by atoms with Crippen molar-refractivity contribution in [2.45, 2.75) is 31.7 Å². The van der Waals surface area contributed by atoms with Gasteiger partial charge < -0.3 is 20.5 Å². The molecular formula is C22H28N2O4. The normalized spacial score (nSPS) is 11.6. The average Bonchev–Trinajstić information content (AvgIpc) is 2.71. The van der Waals surface area contributed by atoms with Gasteiger partial charge in [-0.05, 0) is 56.1 Å². The molecule has 2 rings (SSSR count). The molecule has 2 aromatic carbocycles. The van der Waals surface area contributed by atoms with Gasteiger partial charge in [0.15, 0.2) is 0 Å². The minimum atomic E-state index is -0.833. The van der Waals surface area contributed by atoms with Crippen LogP contribution in [-0.4, -0.2) is 43.7 Å². The number of amides is 1. The quantitative estimate of drug-likeness (QED) is 0.433. The number of carbonyl (C=O) groups is 2. The highest BCUT2D eigenvalue weighted by molar-refractivity contribution is 5.99. The van der Waals surface area contributed by atoms with Crippen molar-refractivity contribution >= 4 is 11.9 Å². The molecule has 0 heterocycles. The largest absolute Gasteiger partial charge is 0.507 e. The van der Waals surface area contributed by atoms with Crippen LogP contribution in [0, 0.1) is 0 Å². The van der Waals surface area contributed by atoms with Crippen LogP contribution in [0.4, 0.5) is 0 Å². The van der Waals surface area contributed by atoms with E-state index >= 15 is 0 Å². The molecule has 1 amide bonds. The maximum absolute atomic E-state index is 12.6. The molecule has 0 aliphatic carbocycles. The third-order valence-corrected chi connectivity index (χ3v) is 4.52. The maximum atomic E-state index is 12.6. The molecule has 0 fully saturated rings. The van der Waals surface area contributed by atoms with E-state index in [1.165, 1.54) is 7.11 Å². The Balaban J connectivity index is 2.04. The van der Waals surface area contributed by atoms with Crippen LogP contribution in [0.2, 0.25) is 0 Å². The first-order chi connectivity index (χ1) is 13.5. The lowest BCUT2D eigenvalue weighted by Crippen LogP contribution is -2.43. The summed E-state index contributed by atoms with van der Waals surface area (Å²) in [6, 6.07) is 13.6. The van der Waals surface area contributed by atoms with E-state index in [0.717, 1.165) is 36.9 Å². The van der Waals surface area contributed by atoms with Crippen molar-refractivity contribution < 1.29 is 19.4 Å². The zero-order valence-electron chi connectivity index (χ0n) is 16.4. The Morgan fingerprint density at radius 3 is 2.46 bits per heavy atom. The number of benzene rings is 2. The van der Waals surface area contributed by atoms with Gasteiger partial charge in [-0.3, -0.25) is 4.79 Å². The SMILES string of the molecule is CNCCCCc1ccc(C(=O)N[C@@H](Cc2ccccc2)C(=O)OC)c(O)c1. The van der Waals surface area contributed by atoms with E-state index in [2.05, 4.69) is 10.6 Å². The number of hydrogen-bond acceptors (Lipinski definition) is 5. The molecule has 2 aromatic rings. The molecule has 1 atom stereocenters. The molecule has 6 heteroatoms. The number of methoxy groups -OCH3 is 1. The number of esters is 1. The number of nitrogens with one attached hydrogen (secondary N) is 2. The third-order valence-electron chi connectivity index (χ3n) is 4.52. The minimum absolute atomic E-state index is 0.0908. The molecule has 0 radical (unpaired) electrons. The number of aryl methyl sites for hydroxylation is 1. The van der Waals surface area contributed by atoms with Gasteiger partial charge in [-0.2, -0.15) is 0 Å². The van der Waals surface area contributed by atoms with Crippen LogP contribution in [0.3, 0.4) is 0 Å². The molecule has 0 aromatic heterocycles. The molecule has 0 aliphatic heterocycles. The minimum Gasteiger partial charge on any atom is -0.507 e. The highest BCUT2D eigenvalue weighted by atomic mass is 16.5. The Morgan fingerprint density at radius 1 is 1.07 bits per heavy atom. The summed E-state index contributed by atoms with van der Waals surface area (Å²) in [7, 11) is 3.20. The second-order valence-corrected chi connectivity index (χ2v) is 6.65. The van der Waals surface area contributed by atoms with Gasteiger partial charge in [0.2, 0.25) is 0 Å². The first-order valence-corrected chi connectivity index (χ1v) is 9.44. The van der Waals surface area contributed by atoms with Crippen LogP contribution in [0.1, 0.15) is 34.3 Å². The summed E-state index contributed by atoms with van der Waals surface area (Å²) < 4.78 is 4.81. The molecule has 150 valence electrons. The number of phenolic OH excluding ortho intramolecular Hbond substituents is 1. The first kappa shape index (κ1) is 21.4. The molecule has 0 unspecified atom stereocenters. The van der Waals surface area contributed by atoms with Gasteiger partial charge in [0, 0.05) is 6.42 Å². The van der Waals surface area contributed by atoms with E-state index < -0.39 is 17.9 Å². The zero-order chi connectivity index (χ0) is 20.4. The molecule has 28 heavy (non-hydrogen) atoms. The molecule has 0 saturated carbocycles. The Morgan fingerprint density at radius 2 is 1.82 bits per heavy atom. The number of aromatic hydroxyl groups is 1. The molecule has 0 saturated heterocycles. The second-order valence-electron chi connectivity index (χ2n) is 6.65. The lowest BCUT2D eigenvalue weighted by atomic mass is 10.0. The molecule has 0 aliphatic rings. The number of hydrogen-bond donors (Lipinski definition) is 3. The van der Waals surface area contributed by atoms with Gasteiger partial charge in [-0.1, -0.05) is 36.4 Å². The highest BCUT2D eigenvalue weighted by Crippen LogP contribution is 2.20. The summed E-state index contributed by atoms with van der Waals surface area (Å²) in [5.41, 5.74) is 2.01. The smallest absolute Gasteiger partial charge is 0.328 e. The van der Waals surface area contributed by atoms with E-state index in [1.807, 2.05) is 43.4 Å². The number of carbonyl (C=O) groups excluding carboxylic acids is 2. The standard InChI is InChI=1S/C22H28N2O4/c1-23-13-7-6-10-17-11-12-18(20(25)15-17)21(26)24-19(22(27)28-2)14-16-8-4-3-5-9-16/h3-5,8-9,11-12,15,19,23,25H,6-7,10,13-14H2,1-2H3,(H,24,26)/t19-/m0/s1. The number of unbranched alkanes of at least 4 members (excludes halogenated alkanes) is 1. The van der Waals surface area contributed by atoms with Crippen LogP contribution in [-0.2, 0) is 22.4 Å². The molecule has 6 nitrogen and oxygen atoms in total. The number of rotatable bonds is 10.